The predicted octanol–water partition coefficient (Wildman–Crippen LogP) is 3.20. The molecule has 0 unspecified atom stereocenters. The molecule has 0 spiro atoms. The van der Waals surface area contributed by atoms with Gasteiger partial charge in [0.05, 0.1) is 32.8 Å². The van der Waals surface area contributed by atoms with Gasteiger partial charge >= 0.3 is 5.97 Å². The Labute approximate surface area is 135 Å². The highest BCUT2D eigenvalue weighted by Gasteiger charge is 2.36. The fourth-order valence-electron chi connectivity index (χ4n) is 2.70. The standard InChI is InChI=1S/C16H32O5Si/c1-7-18-15(17)8-14-9-19-16(4,20-10-14)12-21-22(5,6)11-13(2)3/h13-14H,7-12H2,1-6H3. The lowest BCUT2D eigenvalue weighted by Gasteiger charge is -2.39. The molecule has 6 heteroatoms. The summed E-state index contributed by atoms with van der Waals surface area (Å²) in [4.78, 5) is 11.5. The van der Waals surface area contributed by atoms with Crippen LogP contribution in [0.4, 0.5) is 0 Å². The fourth-order valence-corrected chi connectivity index (χ4v) is 5.44. The quantitative estimate of drug-likeness (QED) is 0.505. The van der Waals surface area contributed by atoms with Crippen LogP contribution >= 0.6 is 0 Å². The van der Waals surface area contributed by atoms with Gasteiger partial charge < -0.3 is 18.6 Å². The first-order chi connectivity index (χ1) is 10.2. The molecule has 1 fully saturated rings. The number of hydrogen-bond donors (Lipinski definition) is 0. The molecule has 0 saturated carbocycles. The molecule has 1 heterocycles. The Morgan fingerprint density at radius 2 is 1.91 bits per heavy atom. The van der Waals surface area contributed by atoms with Crippen molar-refractivity contribution in [3.8, 4) is 0 Å². The van der Waals surface area contributed by atoms with Crippen LogP contribution in [0.1, 0.15) is 34.1 Å². The summed E-state index contributed by atoms with van der Waals surface area (Å²) >= 11 is 0. The highest BCUT2D eigenvalue weighted by Crippen LogP contribution is 2.26. The van der Waals surface area contributed by atoms with Crippen LogP contribution in [0.2, 0.25) is 19.1 Å². The van der Waals surface area contributed by atoms with Gasteiger partial charge in [-0.2, -0.15) is 0 Å². The van der Waals surface area contributed by atoms with Crippen molar-refractivity contribution < 1.29 is 23.4 Å². The maximum absolute atomic E-state index is 11.5. The van der Waals surface area contributed by atoms with Crippen molar-refractivity contribution >= 4 is 14.3 Å². The molecule has 1 aliphatic heterocycles. The number of carbonyl (C=O) groups is 1. The molecule has 0 aliphatic carbocycles. The first-order valence-corrected chi connectivity index (χ1v) is 11.3. The van der Waals surface area contributed by atoms with Gasteiger partial charge in [-0.15, -0.1) is 0 Å². The summed E-state index contributed by atoms with van der Waals surface area (Å²) in [6, 6.07) is 1.12. The van der Waals surface area contributed by atoms with E-state index in [0.29, 0.717) is 38.8 Å². The summed E-state index contributed by atoms with van der Waals surface area (Å²) < 4.78 is 22.7. The van der Waals surface area contributed by atoms with E-state index >= 15 is 0 Å². The van der Waals surface area contributed by atoms with E-state index in [2.05, 4.69) is 26.9 Å². The van der Waals surface area contributed by atoms with Crippen molar-refractivity contribution in [2.24, 2.45) is 11.8 Å². The molecule has 22 heavy (non-hydrogen) atoms. The lowest BCUT2D eigenvalue weighted by atomic mass is 10.1. The lowest BCUT2D eigenvalue weighted by Crippen LogP contribution is -2.48. The van der Waals surface area contributed by atoms with Crippen LogP contribution in [0, 0.1) is 11.8 Å². The summed E-state index contributed by atoms with van der Waals surface area (Å²) in [6.45, 7) is 14.5. The Kier molecular flexibility index (Phi) is 7.51. The Bertz CT molecular complexity index is 348. The second-order valence-electron chi connectivity index (χ2n) is 7.28. The van der Waals surface area contributed by atoms with Crippen LogP contribution in [0.5, 0.6) is 0 Å². The van der Waals surface area contributed by atoms with Crippen molar-refractivity contribution in [2.45, 2.75) is 59.0 Å². The van der Waals surface area contributed by atoms with Crippen LogP contribution in [-0.4, -0.2) is 46.5 Å². The molecule has 130 valence electrons. The Morgan fingerprint density at radius 3 is 2.41 bits per heavy atom. The van der Waals surface area contributed by atoms with Gasteiger partial charge in [0.25, 0.3) is 0 Å². The molecule has 0 N–H and O–H groups in total. The number of hydrogen-bond acceptors (Lipinski definition) is 5. The normalized spacial score (nSPS) is 26.2. The average Bonchev–Trinajstić information content (AvgIpc) is 2.39. The van der Waals surface area contributed by atoms with E-state index in [-0.39, 0.29) is 11.9 Å². The Morgan fingerprint density at radius 1 is 1.32 bits per heavy atom. The van der Waals surface area contributed by atoms with Crippen molar-refractivity contribution in [2.75, 3.05) is 26.4 Å². The third-order valence-corrected chi connectivity index (χ3v) is 6.36. The molecule has 1 rings (SSSR count). The zero-order chi connectivity index (χ0) is 16.8. The minimum absolute atomic E-state index is 0.0630. The van der Waals surface area contributed by atoms with Crippen LogP contribution < -0.4 is 0 Å². The number of carbonyl (C=O) groups excluding carboxylic acids is 1. The van der Waals surface area contributed by atoms with Gasteiger partial charge in [-0.05, 0) is 38.9 Å². The molecule has 0 amide bonds. The molecule has 0 atom stereocenters. The number of rotatable bonds is 8. The molecule has 0 aromatic carbocycles. The van der Waals surface area contributed by atoms with Gasteiger partial charge in [0.2, 0.25) is 0 Å². The van der Waals surface area contributed by atoms with Crippen molar-refractivity contribution in [3.63, 3.8) is 0 Å². The Hall–Kier alpha value is -0.433. The highest BCUT2D eigenvalue weighted by atomic mass is 28.4. The van der Waals surface area contributed by atoms with Crippen LogP contribution in [0.25, 0.3) is 0 Å². The molecule has 5 nitrogen and oxygen atoms in total. The zero-order valence-electron chi connectivity index (χ0n) is 14.9. The van der Waals surface area contributed by atoms with E-state index in [1.165, 1.54) is 0 Å². The Balaban J connectivity index is 2.37. The summed E-state index contributed by atoms with van der Waals surface area (Å²) in [5, 5.41) is 0. The van der Waals surface area contributed by atoms with E-state index in [1.807, 2.05) is 13.8 Å². The molecular formula is C16H32O5Si. The third kappa shape index (κ3) is 7.22. The van der Waals surface area contributed by atoms with E-state index in [4.69, 9.17) is 18.6 Å². The van der Waals surface area contributed by atoms with Crippen LogP contribution in [0.15, 0.2) is 0 Å². The summed E-state index contributed by atoms with van der Waals surface area (Å²) in [5.74, 6) is -0.193. The fraction of sp³-hybridized carbons (Fsp3) is 0.938. The second kappa shape index (κ2) is 8.43. The summed E-state index contributed by atoms with van der Waals surface area (Å²) in [5.41, 5.74) is 0. The number of ether oxygens (including phenoxy) is 3. The molecule has 0 radical (unpaired) electrons. The molecule has 0 aromatic rings. The predicted molar refractivity (Wildman–Crippen MR) is 88.1 cm³/mol. The van der Waals surface area contributed by atoms with Gasteiger partial charge in [0.1, 0.15) is 0 Å². The van der Waals surface area contributed by atoms with Crippen LogP contribution in [0.3, 0.4) is 0 Å². The molecule has 0 bridgehead atoms. The molecule has 1 saturated heterocycles. The maximum atomic E-state index is 11.5. The topological polar surface area (TPSA) is 54.0 Å². The monoisotopic (exact) mass is 332 g/mol. The first-order valence-electron chi connectivity index (χ1n) is 8.23. The van der Waals surface area contributed by atoms with Crippen molar-refractivity contribution in [3.05, 3.63) is 0 Å². The minimum atomic E-state index is -1.69. The van der Waals surface area contributed by atoms with E-state index in [9.17, 15) is 4.79 Å². The zero-order valence-corrected chi connectivity index (χ0v) is 15.9. The maximum Gasteiger partial charge on any atom is 0.306 e. The molecule has 1 aliphatic rings. The molecule has 0 aromatic heterocycles. The van der Waals surface area contributed by atoms with Crippen molar-refractivity contribution in [1.29, 1.82) is 0 Å². The third-order valence-electron chi connectivity index (χ3n) is 3.63. The summed E-state index contributed by atoms with van der Waals surface area (Å²) in [6.07, 6.45) is 0.346. The largest absolute Gasteiger partial charge is 0.466 e. The van der Waals surface area contributed by atoms with Gasteiger partial charge in [0.15, 0.2) is 14.1 Å². The van der Waals surface area contributed by atoms with Gasteiger partial charge in [0, 0.05) is 5.92 Å². The highest BCUT2D eigenvalue weighted by molar-refractivity contribution is 6.71. The van der Waals surface area contributed by atoms with Crippen molar-refractivity contribution in [1.82, 2.24) is 0 Å². The van der Waals surface area contributed by atoms with Gasteiger partial charge in [-0.1, -0.05) is 13.8 Å². The minimum Gasteiger partial charge on any atom is -0.466 e. The summed E-state index contributed by atoms with van der Waals surface area (Å²) in [7, 11) is -1.69. The number of esters is 1. The van der Waals surface area contributed by atoms with Gasteiger partial charge in [-0.3, -0.25) is 4.79 Å². The second-order valence-corrected chi connectivity index (χ2v) is 11.5. The SMILES string of the molecule is CCOC(=O)CC1COC(C)(CO[Si](C)(C)CC(C)C)OC1. The molecular weight excluding hydrogens is 300 g/mol. The van der Waals surface area contributed by atoms with E-state index < -0.39 is 14.1 Å². The van der Waals surface area contributed by atoms with E-state index in [0.717, 1.165) is 6.04 Å². The lowest BCUT2D eigenvalue weighted by molar-refractivity contribution is -0.284. The first kappa shape index (κ1) is 19.6. The van der Waals surface area contributed by atoms with Crippen LogP contribution in [-0.2, 0) is 23.4 Å². The smallest absolute Gasteiger partial charge is 0.306 e. The van der Waals surface area contributed by atoms with Gasteiger partial charge in [-0.25, -0.2) is 0 Å². The average molecular weight is 333 g/mol. The van der Waals surface area contributed by atoms with E-state index in [1.54, 1.807) is 0 Å².